The van der Waals surface area contributed by atoms with Gasteiger partial charge in [0.05, 0.1) is 0 Å². The van der Waals surface area contributed by atoms with Gasteiger partial charge in [0, 0.05) is 7.75 Å². The van der Waals surface area contributed by atoms with Crippen LogP contribution in [0, 0.1) is 0 Å². The van der Waals surface area contributed by atoms with Gasteiger partial charge in [-0.1, -0.05) is 6.58 Å². The summed E-state index contributed by atoms with van der Waals surface area (Å²) in [5, 5.41) is 1.16. The maximum absolute atomic E-state index is 10.0. The van der Waals surface area contributed by atoms with Gasteiger partial charge in [0.15, 0.2) is 0 Å². The first kappa shape index (κ1) is 13.2. The van der Waals surface area contributed by atoms with Crippen LogP contribution in [0.1, 0.15) is 0 Å². The molecule has 0 atom stereocenters. The van der Waals surface area contributed by atoms with E-state index in [9.17, 15) is 19.1 Å². The van der Waals surface area contributed by atoms with Gasteiger partial charge >= 0.3 is 37.7 Å². The largest absolute Gasteiger partial charge is 2.00 e. The van der Waals surface area contributed by atoms with Crippen LogP contribution in [0.25, 0.3) is 0 Å². The Kier molecular flexibility index (Phi) is 7.00. The Balaban J connectivity index is 0. The van der Waals surface area contributed by atoms with Gasteiger partial charge in [0.25, 0.3) is 0 Å². The topological polar surface area (TPSA) is 92.3 Å². The molecule has 0 unspecified atom stereocenters. The molecule has 0 rings (SSSR count). The van der Waals surface area contributed by atoms with Crippen molar-refractivity contribution < 1.29 is 19.1 Å². The van der Waals surface area contributed by atoms with E-state index in [-0.39, 0.29) is 37.7 Å². The first-order chi connectivity index (χ1) is 3.95. The molecule has 0 heterocycles. The summed E-state index contributed by atoms with van der Waals surface area (Å²) in [6, 6.07) is 0. The Labute approximate surface area is 87.7 Å². The zero-order chi connectivity index (χ0) is 7.49. The Morgan fingerprint density at radius 3 is 2.10 bits per heavy atom. The molecule has 0 saturated heterocycles. The van der Waals surface area contributed by atoms with Crippen LogP contribution in [-0.2, 0) is 9.36 Å². The van der Waals surface area contributed by atoms with Crippen molar-refractivity contribution in [1.82, 2.24) is 5.09 Å². The number of carbonyl (C=O) groups is 1. The summed E-state index contributed by atoms with van der Waals surface area (Å²) in [6.07, 6.45) is 0.697. The molecular weight excluding hydrogens is 185 g/mol. The minimum Gasteiger partial charge on any atom is -0.795 e. The number of amides is 1. The van der Waals surface area contributed by atoms with Crippen molar-refractivity contribution in [2.75, 3.05) is 0 Å². The molecule has 0 aliphatic rings. The average molecular weight is 189 g/mol. The molecule has 0 bridgehead atoms. The van der Waals surface area contributed by atoms with Crippen LogP contribution in [0.3, 0.4) is 0 Å². The Morgan fingerprint density at radius 1 is 1.60 bits per heavy atom. The predicted molar refractivity (Wildman–Crippen MR) is 31.7 cm³/mol. The van der Waals surface area contributed by atoms with E-state index in [0.29, 0.717) is 6.08 Å². The third kappa shape index (κ3) is 8.62. The van der Waals surface area contributed by atoms with Crippen LogP contribution in [0.4, 0.5) is 0 Å². The molecule has 52 valence electrons. The molecule has 0 aliphatic carbocycles. The monoisotopic (exact) mass is 189 g/mol. The molecule has 0 aromatic heterocycles. The van der Waals surface area contributed by atoms with Crippen molar-refractivity contribution in [2.24, 2.45) is 0 Å². The number of hydrogen-bond acceptors (Lipinski definition) is 4. The molecule has 0 saturated carbocycles. The summed E-state index contributed by atoms with van der Waals surface area (Å²) in [4.78, 5) is 29.4. The molecule has 0 radical (unpaired) electrons. The minimum atomic E-state index is -4.91. The van der Waals surface area contributed by atoms with E-state index >= 15 is 0 Å². The van der Waals surface area contributed by atoms with Gasteiger partial charge in [-0.05, 0) is 6.08 Å². The van der Waals surface area contributed by atoms with Crippen LogP contribution in [0.2, 0.25) is 0 Å². The standard InChI is InChI=1S/C3H6NO4P.Ca/c1-2-3(5)4-9(6,7)8;/h2H,1H2,(H3,4,5,6,7,8);/q;+2/p-2. The quantitative estimate of drug-likeness (QED) is 0.301. The Morgan fingerprint density at radius 2 is 2.00 bits per heavy atom. The van der Waals surface area contributed by atoms with Crippen LogP contribution < -0.4 is 14.9 Å². The van der Waals surface area contributed by atoms with Crippen molar-refractivity contribution in [3.05, 3.63) is 12.7 Å². The molecule has 1 N–H and O–H groups in total. The fraction of sp³-hybridized carbons (Fsp3) is 0. The summed E-state index contributed by atoms with van der Waals surface area (Å²) >= 11 is 0. The number of hydrogen-bond donors (Lipinski definition) is 1. The van der Waals surface area contributed by atoms with Gasteiger partial charge in [-0.25, -0.2) is 0 Å². The van der Waals surface area contributed by atoms with Gasteiger partial charge < -0.3 is 19.4 Å². The first-order valence-corrected chi connectivity index (χ1v) is 3.47. The molecule has 0 spiro atoms. The smallest absolute Gasteiger partial charge is 0.795 e. The first-order valence-electron chi connectivity index (χ1n) is 1.92. The second-order valence-electron chi connectivity index (χ2n) is 1.18. The molecule has 1 amide bonds. The summed E-state index contributed by atoms with van der Waals surface area (Å²) in [7, 11) is -4.91. The van der Waals surface area contributed by atoms with Crippen LogP contribution in [0.15, 0.2) is 12.7 Å². The van der Waals surface area contributed by atoms with Crippen molar-refractivity contribution in [3.63, 3.8) is 0 Å². The second kappa shape index (κ2) is 5.29. The van der Waals surface area contributed by atoms with Gasteiger partial charge in [0.2, 0.25) is 5.91 Å². The molecule has 0 aromatic carbocycles. The molecule has 0 aliphatic heterocycles. The van der Waals surface area contributed by atoms with E-state index in [0.717, 1.165) is 5.09 Å². The summed E-state index contributed by atoms with van der Waals surface area (Å²) in [5.41, 5.74) is 0. The van der Waals surface area contributed by atoms with E-state index in [4.69, 9.17) is 0 Å². The summed E-state index contributed by atoms with van der Waals surface area (Å²) in [5.74, 6) is -1.01. The van der Waals surface area contributed by atoms with Gasteiger partial charge in [-0.2, -0.15) is 0 Å². The fourth-order valence-corrected chi connectivity index (χ4v) is 0.542. The van der Waals surface area contributed by atoms with Crippen molar-refractivity contribution >= 4 is 51.4 Å². The number of carbonyl (C=O) groups excluding carboxylic acids is 1. The minimum absolute atomic E-state index is 0. The molecule has 10 heavy (non-hydrogen) atoms. The van der Waals surface area contributed by atoms with Crippen molar-refractivity contribution in [2.45, 2.75) is 0 Å². The second-order valence-corrected chi connectivity index (χ2v) is 2.40. The maximum Gasteiger partial charge on any atom is 2.00 e. The molecule has 5 nitrogen and oxygen atoms in total. The third-order valence-corrected chi connectivity index (χ3v) is 0.927. The van der Waals surface area contributed by atoms with E-state index in [1.54, 1.807) is 0 Å². The van der Waals surface area contributed by atoms with Gasteiger partial charge in [0.1, 0.15) is 0 Å². The van der Waals surface area contributed by atoms with E-state index in [1.165, 1.54) is 0 Å². The van der Waals surface area contributed by atoms with Crippen LogP contribution in [-0.4, -0.2) is 43.6 Å². The normalized spacial score (nSPS) is 9.40. The third-order valence-electron chi connectivity index (χ3n) is 0.433. The predicted octanol–water partition coefficient (Wildman–Crippen LogP) is -2.26. The fourth-order valence-electron chi connectivity index (χ4n) is 0.181. The summed E-state index contributed by atoms with van der Waals surface area (Å²) < 4.78 is 9.69. The maximum atomic E-state index is 10.0. The molecular formula is C3H4CaNO4P. The average Bonchev–Trinajstić information content (AvgIpc) is 1.62. The van der Waals surface area contributed by atoms with E-state index < -0.39 is 13.7 Å². The van der Waals surface area contributed by atoms with Crippen LogP contribution in [0.5, 0.6) is 0 Å². The molecule has 0 aromatic rings. The van der Waals surface area contributed by atoms with Crippen molar-refractivity contribution in [1.29, 1.82) is 0 Å². The van der Waals surface area contributed by atoms with E-state index in [1.807, 2.05) is 0 Å². The Hall–Kier alpha value is 0.620. The SMILES string of the molecule is C=CC(=O)NP(=O)([O-])[O-].[Ca+2]. The van der Waals surface area contributed by atoms with E-state index in [2.05, 4.69) is 6.58 Å². The van der Waals surface area contributed by atoms with Gasteiger partial charge in [-0.15, -0.1) is 0 Å². The molecule has 7 heteroatoms. The number of nitrogens with one attached hydrogen (secondary N) is 1. The van der Waals surface area contributed by atoms with Gasteiger partial charge in [-0.3, -0.25) is 4.79 Å². The van der Waals surface area contributed by atoms with Crippen molar-refractivity contribution in [3.8, 4) is 0 Å². The zero-order valence-electron chi connectivity index (χ0n) is 5.07. The molecule has 0 fully saturated rings. The zero-order valence-corrected chi connectivity index (χ0v) is 8.17. The summed E-state index contributed by atoms with van der Waals surface area (Å²) in [6.45, 7) is 2.93. The number of rotatable bonds is 2. The Bertz CT molecular complexity index is 175. The van der Waals surface area contributed by atoms with Crippen LogP contribution >= 0.6 is 7.75 Å².